The Hall–Kier alpha value is -1.88. The van der Waals surface area contributed by atoms with Crippen LogP contribution in [0.15, 0.2) is 30.3 Å². The third-order valence-electron chi connectivity index (χ3n) is 4.40. The first-order chi connectivity index (χ1) is 11.1. The molecule has 1 heterocycles. The van der Waals surface area contributed by atoms with Gasteiger partial charge in [0.1, 0.15) is 6.04 Å². The van der Waals surface area contributed by atoms with Crippen molar-refractivity contribution >= 4 is 11.9 Å². The van der Waals surface area contributed by atoms with Gasteiger partial charge in [0.05, 0.1) is 0 Å². The maximum Gasteiger partial charge on any atom is 0.326 e. The Morgan fingerprint density at radius 3 is 2.48 bits per heavy atom. The Bertz CT molecular complexity index is 510. The fraction of sp³-hybridized carbons (Fsp3) is 0.556. The van der Waals surface area contributed by atoms with Crippen LogP contribution in [0, 0.1) is 5.92 Å². The molecule has 0 saturated carbocycles. The normalized spacial score (nSPS) is 17.6. The summed E-state index contributed by atoms with van der Waals surface area (Å²) in [7, 11) is 0. The van der Waals surface area contributed by atoms with E-state index in [1.165, 1.54) is 5.56 Å². The average molecular weight is 318 g/mol. The van der Waals surface area contributed by atoms with E-state index in [2.05, 4.69) is 22.3 Å². The van der Waals surface area contributed by atoms with Crippen molar-refractivity contribution in [2.75, 3.05) is 13.1 Å². The second kappa shape index (κ2) is 8.67. The van der Waals surface area contributed by atoms with Gasteiger partial charge in [-0.15, -0.1) is 0 Å². The summed E-state index contributed by atoms with van der Waals surface area (Å²) in [5, 5.41) is 11.8. The summed E-state index contributed by atoms with van der Waals surface area (Å²) in [6, 6.07) is 9.55. The standard InChI is InChI=1S/C18H26N2O3/c1-2-6-16(18(22)23)19-17(21)15-9-11-20(12-10-15)13-14-7-4-3-5-8-14/h3-5,7-8,15-16H,2,6,9-13H2,1H3,(H,19,21)(H,22,23). The lowest BCUT2D eigenvalue weighted by Crippen LogP contribution is -2.46. The molecule has 1 fully saturated rings. The molecule has 2 N–H and O–H groups in total. The number of carboxylic acid groups (broad SMARTS) is 1. The number of hydrogen-bond donors (Lipinski definition) is 2. The van der Waals surface area contributed by atoms with Crippen molar-refractivity contribution in [2.45, 2.75) is 45.2 Å². The first kappa shape index (κ1) is 17.5. The number of carbonyl (C=O) groups is 2. The summed E-state index contributed by atoms with van der Waals surface area (Å²) in [4.78, 5) is 25.7. The van der Waals surface area contributed by atoms with Crippen LogP contribution in [-0.4, -0.2) is 41.0 Å². The molecule has 1 aliphatic heterocycles. The van der Waals surface area contributed by atoms with Gasteiger partial charge in [0.2, 0.25) is 5.91 Å². The largest absolute Gasteiger partial charge is 0.480 e. The zero-order chi connectivity index (χ0) is 16.7. The van der Waals surface area contributed by atoms with Crippen molar-refractivity contribution in [1.82, 2.24) is 10.2 Å². The molecule has 1 saturated heterocycles. The number of carboxylic acids is 1. The fourth-order valence-electron chi connectivity index (χ4n) is 3.03. The zero-order valence-electron chi connectivity index (χ0n) is 13.7. The number of amides is 1. The van der Waals surface area contributed by atoms with Crippen LogP contribution in [0.5, 0.6) is 0 Å². The van der Waals surface area contributed by atoms with Gasteiger partial charge in [0.25, 0.3) is 0 Å². The van der Waals surface area contributed by atoms with E-state index in [4.69, 9.17) is 5.11 Å². The SMILES string of the molecule is CCCC(NC(=O)C1CCN(Cc2ccccc2)CC1)C(=O)O. The molecule has 0 aromatic heterocycles. The molecule has 5 nitrogen and oxygen atoms in total. The zero-order valence-corrected chi connectivity index (χ0v) is 13.7. The van der Waals surface area contributed by atoms with Gasteiger partial charge >= 0.3 is 5.97 Å². The molecule has 1 aromatic carbocycles. The Balaban J connectivity index is 1.79. The molecule has 0 bridgehead atoms. The molecule has 1 atom stereocenters. The van der Waals surface area contributed by atoms with Gasteiger partial charge < -0.3 is 10.4 Å². The van der Waals surface area contributed by atoms with Gasteiger partial charge in [-0.05, 0) is 37.9 Å². The van der Waals surface area contributed by atoms with Crippen LogP contribution in [0.4, 0.5) is 0 Å². The maximum atomic E-state index is 12.3. The first-order valence-corrected chi connectivity index (χ1v) is 8.39. The Kier molecular flexibility index (Phi) is 6.59. The molecule has 1 aliphatic rings. The number of aliphatic carboxylic acids is 1. The summed E-state index contributed by atoms with van der Waals surface area (Å²) in [5.41, 5.74) is 1.28. The smallest absolute Gasteiger partial charge is 0.326 e. The molecule has 1 unspecified atom stereocenters. The number of carbonyl (C=O) groups excluding carboxylic acids is 1. The number of rotatable bonds is 7. The molecule has 5 heteroatoms. The van der Waals surface area contributed by atoms with Crippen LogP contribution >= 0.6 is 0 Å². The van der Waals surface area contributed by atoms with Gasteiger partial charge in [-0.2, -0.15) is 0 Å². The lowest BCUT2D eigenvalue weighted by Gasteiger charge is -2.31. The molecular weight excluding hydrogens is 292 g/mol. The number of likely N-dealkylation sites (tertiary alicyclic amines) is 1. The van der Waals surface area contributed by atoms with Crippen molar-refractivity contribution < 1.29 is 14.7 Å². The third kappa shape index (κ3) is 5.36. The van der Waals surface area contributed by atoms with E-state index in [1.807, 2.05) is 25.1 Å². The molecule has 0 aliphatic carbocycles. The van der Waals surface area contributed by atoms with Crippen molar-refractivity contribution in [3.05, 3.63) is 35.9 Å². The molecule has 1 amide bonds. The van der Waals surface area contributed by atoms with Gasteiger partial charge in [-0.1, -0.05) is 43.7 Å². The summed E-state index contributed by atoms with van der Waals surface area (Å²) in [5.74, 6) is -1.12. The van der Waals surface area contributed by atoms with Gasteiger partial charge in [-0.3, -0.25) is 9.69 Å². The second-order valence-corrected chi connectivity index (χ2v) is 6.22. The lowest BCUT2D eigenvalue weighted by atomic mass is 9.95. The maximum absolute atomic E-state index is 12.3. The number of nitrogens with one attached hydrogen (secondary N) is 1. The first-order valence-electron chi connectivity index (χ1n) is 8.39. The van der Waals surface area contributed by atoms with Crippen LogP contribution in [0.25, 0.3) is 0 Å². The Morgan fingerprint density at radius 2 is 1.91 bits per heavy atom. The van der Waals surface area contributed by atoms with Crippen molar-refractivity contribution in [1.29, 1.82) is 0 Å². The highest BCUT2D eigenvalue weighted by molar-refractivity contribution is 5.85. The molecule has 0 spiro atoms. The van der Waals surface area contributed by atoms with E-state index in [9.17, 15) is 9.59 Å². The monoisotopic (exact) mass is 318 g/mol. The molecule has 1 aromatic rings. The van der Waals surface area contributed by atoms with Crippen LogP contribution in [0.2, 0.25) is 0 Å². The average Bonchev–Trinajstić information content (AvgIpc) is 2.56. The van der Waals surface area contributed by atoms with Gasteiger partial charge in [-0.25, -0.2) is 4.79 Å². The minimum absolute atomic E-state index is 0.0688. The highest BCUT2D eigenvalue weighted by Gasteiger charge is 2.28. The molecule has 2 rings (SSSR count). The summed E-state index contributed by atoms with van der Waals surface area (Å²) < 4.78 is 0. The minimum atomic E-state index is -0.943. The molecule has 0 radical (unpaired) electrons. The van der Waals surface area contributed by atoms with Crippen molar-refractivity contribution in [3.63, 3.8) is 0 Å². The summed E-state index contributed by atoms with van der Waals surface area (Å²) in [6.07, 6.45) is 2.80. The molecule has 23 heavy (non-hydrogen) atoms. The van der Waals surface area contributed by atoms with E-state index in [1.54, 1.807) is 0 Å². The van der Waals surface area contributed by atoms with Crippen LogP contribution in [0.3, 0.4) is 0 Å². The van der Waals surface area contributed by atoms with Crippen LogP contribution in [0.1, 0.15) is 38.2 Å². The number of benzene rings is 1. The molecule has 126 valence electrons. The Morgan fingerprint density at radius 1 is 1.26 bits per heavy atom. The van der Waals surface area contributed by atoms with Gasteiger partial charge in [0, 0.05) is 12.5 Å². The third-order valence-corrected chi connectivity index (χ3v) is 4.40. The summed E-state index contributed by atoms with van der Waals surface area (Å²) in [6.45, 7) is 4.57. The quantitative estimate of drug-likeness (QED) is 0.809. The second-order valence-electron chi connectivity index (χ2n) is 6.22. The topological polar surface area (TPSA) is 69.6 Å². The predicted molar refractivity (Wildman–Crippen MR) is 88.9 cm³/mol. The number of piperidine rings is 1. The van der Waals surface area contributed by atoms with Gasteiger partial charge in [0.15, 0.2) is 0 Å². The minimum Gasteiger partial charge on any atom is -0.480 e. The lowest BCUT2D eigenvalue weighted by molar-refractivity contribution is -0.143. The van der Waals surface area contributed by atoms with E-state index >= 15 is 0 Å². The number of hydrogen-bond acceptors (Lipinski definition) is 3. The van der Waals surface area contributed by atoms with Crippen molar-refractivity contribution in [2.24, 2.45) is 5.92 Å². The highest BCUT2D eigenvalue weighted by Crippen LogP contribution is 2.19. The highest BCUT2D eigenvalue weighted by atomic mass is 16.4. The van der Waals surface area contributed by atoms with Crippen molar-refractivity contribution in [3.8, 4) is 0 Å². The van der Waals surface area contributed by atoms with E-state index in [-0.39, 0.29) is 11.8 Å². The fourth-order valence-corrected chi connectivity index (χ4v) is 3.03. The number of nitrogens with zero attached hydrogens (tertiary/aromatic N) is 1. The predicted octanol–water partition coefficient (Wildman–Crippen LogP) is 2.27. The molecular formula is C18H26N2O3. The Labute approximate surface area is 137 Å². The van der Waals surface area contributed by atoms with E-state index in [0.29, 0.717) is 6.42 Å². The summed E-state index contributed by atoms with van der Waals surface area (Å²) >= 11 is 0. The van der Waals surface area contributed by atoms with Crippen LogP contribution in [-0.2, 0) is 16.1 Å². The van der Waals surface area contributed by atoms with E-state index in [0.717, 1.165) is 38.9 Å². The van der Waals surface area contributed by atoms with Crippen LogP contribution < -0.4 is 5.32 Å². The van der Waals surface area contributed by atoms with E-state index < -0.39 is 12.0 Å².